The first-order valence-electron chi connectivity index (χ1n) is 3.87. The third kappa shape index (κ3) is 5.53. The van der Waals surface area contributed by atoms with Crippen LogP contribution in [0.5, 0.6) is 0 Å². The van der Waals surface area contributed by atoms with E-state index in [4.69, 9.17) is 4.74 Å². The van der Waals surface area contributed by atoms with Gasteiger partial charge >= 0.3 is 5.97 Å². The Kier molecular flexibility index (Phi) is 5.79. The van der Waals surface area contributed by atoms with Gasteiger partial charge in [-0.3, -0.25) is 0 Å². The molecule has 68 valence electrons. The van der Waals surface area contributed by atoms with Crippen LogP contribution < -0.4 is 0 Å². The third-order valence-electron chi connectivity index (χ3n) is 1.02. The van der Waals surface area contributed by atoms with Crippen molar-refractivity contribution in [2.45, 2.75) is 13.8 Å². The van der Waals surface area contributed by atoms with Gasteiger partial charge in [0.1, 0.15) is 5.76 Å². The SMILES string of the molecule is C=C(C=CC(=O)OCC)OCC. The van der Waals surface area contributed by atoms with Crippen molar-refractivity contribution in [1.29, 1.82) is 0 Å². The molecule has 0 unspecified atom stereocenters. The monoisotopic (exact) mass is 170 g/mol. The lowest BCUT2D eigenvalue weighted by atomic mass is 10.4. The molecule has 0 aromatic heterocycles. The minimum Gasteiger partial charge on any atom is -0.495 e. The Bertz CT molecular complexity index is 162. The normalized spacial score (nSPS) is 9.83. The topological polar surface area (TPSA) is 35.5 Å². The Balaban J connectivity index is 3.73. The molecule has 3 nitrogen and oxygen atoms in total. The predicted octanol–water partition coefficient (Wildman–Crippen LogP) is 1.66. The lowest BCUT2D eigenvalue weighted by Gasteiger charge is -1.99. The minimum atomic E-state index is -0.377. The fourth-order valence-electron chi connectivity index (χ4n) is 0.585. The van der Waals surface area contributed by atoms with Crippen LogP contribution in [-0.4, -0.2) is 19.2 Å². The number of ether oxygens (including phenoxy) is 2. The molecule has 0 saturated heterocycles. The summed E-state index contributed by atoms with van der Waals surface area (Å²) >= 11 is 0. The standard InChI is InChI=1S/C9H14O3/c1-4-11-8(3)6-7-9(10)12-5-2/h6-7H,3-5H2,1-2H3. The molecule has 0 rings (SSSR count). The van der Waals surface area contributed by atoms with E-state index in [0.29, 0.717) is 19.0 Å². The second kappa shape index (κ2) is 6.46. The highest BCUT2D eigenvalue weighted by Gasteiger charge is 1.93. The second-order valence-corrected chi connectivity index (χ2v) is 1.98. The molecule has 0 heterocycles. The van der Waals surface area contributed by atoms with Gasteiger partial charge in [0, 0.05) is 6.08 Å². The summed E-state index contributed by atoms with van der Waals surface area (Å²) < 4.78 is 9.63. The molecule has 0 atom stereocenters. The largest absolute Gasteiger partial charge is 0.495 e. The molecule has 0 spiro atoms. The van der Waals surface area contributed by atoms with Crippen molar-refractivity contribution < 1.29 is 14.3 Å². The van der Waals surface area contributed by atoms with Gasteiger partial charge in [0.2, 0.25) is 0 Å². The molecular weight excluding hydrogens is 156 g/mol. The van der Waals surface area contributed by atoms with Crippen molar-refractivity contribution in [1.82, 2.24) is 0 Å². The molecule has 12 heavy (non-hydrogen) atoms. The molecule has 0 amide bonds. The summed E-state index contributed by atoms with van der Waals surface area (Å²) in [5, 5.41) is 0. The Labute approximate surface area is 72.7 Å². The average molecular weight is 170 g/mol. The summed E-state index contributed by atoms with van der Waals surface area (Å²) in [5.74, 6) is 0.0870. The van der Waals surface area contributed by atoms with Crippen LogP contribution in [0, 0.1) is 0 Å². The molecule has 0 aromatic carbocycles. The fourth-order valence-corrected chi connectivity index (χ4v) is 0.585. The number of hydrogen-bond donors (Lipinski definition) is 0. The van der Waals surface area contributed by atoms with Gasteiger partial charge < -0.3 is 9.47 Å². The van der Waals surface area contributed by atoms with Crippen LogP contribution in [0.2, 0.25) is 0 Å². The van der Waals surface area contributed by atoms with Crippen molar-refractivity contribution in [3.05, 3.63) is 24.5 Å². The maximum atomic E-state index is 10.7. The quantitative estimate of drug-likeness (QED) is 0.272. The van der Waals surface area contributed by atoms with E-state index in [-0.39, 0.29) is 5.97 Å². The smallest absolute Gasteiger partial charge is 0.330 e. The number of carbonyl (C=O) groups is 1. The van der Waals surface area contributed by atoms with Gasteiger partial charge in [-0.2, -0.15) is 0 Å². The van der Waals surface area contributed by atoms with E-state index in [9.17, 15) is 4.79 Å². The Morgan fingerprint density at radius 1 is 1.25 bits per heavy atom. The van der Waals surface area contributed by atoms with Crippen molar-refractivity contribution in [3.63, 3.8) is 0 Å². The van der Waals surface area contributed by atoms with Crippen molar-refractivity contribution in [2.24, 2.45) is 0 Å². The molecule has 0 aromatic rings. The third-order valence-corrected chi connectivity index (χ3v) is 1.02. The van der Waals surface area contributed by atoms with E-state index in [2.05, 4.69) is 11.3 Å². The lowest BCUT2D eigenvalue weighted by molar-refractivity contribution is -0.137. The van der Waals surface area contributed by atoms with Crippen LogP contribution in [0.3, 0.4) is 0 Å². The molecule has 3 heteroatoms. The minimum absolute atomic E-state index is 0.377. The summed E-state index contributed by atoms with van der Waals surface area (Å²) in [6.45, 7) is 8.09. The van der Waals surface area contributed by atoms with Crippen molar-refractivity contribution in [3.8, 4) is 0 Å². The van der Waals surface area contributed by atoms with E-state index >= 15 is 0 Å². The highest BCUT2D eigenvalue weighted by molar-refractivity contribution is 5.82. The van der Waals surface area contributed by atoms with Gasteiger partial charge in [0.15, 0.2) is 0 Å². The summed E-state index contributed by atoms with van der Waals surface area (Å²) in [5.41, 5.74) is 0. The van der Waals surface area contributed by atoms with Crippen LogP contribution in [0.25, 0.3) is 0 Å². The van der Waals surface area contributed by atoms with Gasteiger partial charge in [0.05, 0.1) is 13.2 Å². The molecule has 0 aliphatic carbocycles. The maximum absolute atomic E-state index is 10.7. The first kappa shape index (κ1) is 10.8. The number of esters is 1. The average Bonchev–Trinajstić information content (AvgIpc) is 2.02. The van der Waals surface area contributed by atoms with Gasteiger partial charge in [-0.05, 0) is 19.9 Å². The zero-order valence-electron chi connectivity index (χ0n) is 7.50. The molecular formula is C9H14O3. The van der Waals surface area contributed by atoms with E-state index in [1.54, 1.807) is 6.92 Å². The Morgan fingerprint density at radius 2 is 1.83 bits per heavy atom. The zero-order valence-corrected chi connectivity index (χ0v) is 7.50. The van der Waals surface area contributed by atoms with Crippen LogP contribution >= 0.6 is 0 Å². The Hall–Kier alpha value is -1.25. The number of carbonyl (C=O) groups excluding carboxylic acids is 1. The fraction of sp³-hybridized carbons (Fsp3) is 0.444. The number of allylic oxidation sites excluding steroid dienone is 1. The molecule has 0 aliphatic heterocycles. The van der Waals surface area contributed by atoms with Crippen LogP contribution in [0.15, 0.2) is 24.5 Å². The Morgan fingerprint density at radius 3 is 2.33 bits per heavy atom. The highest BCUT2D eigenvalue weighted by Crippen LogP contribution is 1.95. The van der Waals surface area contributed by atoms with Crippen LogP contribution in [-0.2, 0) is 14.3 Å². The summed E-state index contributed by atoms with van der Waals surface area (Å²) in [7, 11) is 0. The van der Waals surface area contributed by atoms with E-state index in [1.165, 1.54) is 12.2 Å². The van der Waals surface area contributed by atoms with E-state index in [1.807, 2.05) is 6.92 Å². The van der Waals surface area contributed by atoms with Gasteiger partial charge in [-0.1, -0.05) is 6.58 Å². The first-order chi connectivity index (χ1) is 5.70. The molecule has 0 saturated carbocycles. The summed E-state index contributed by atoms with van der Waals surface area (Å²) in [4.78, 5) is 10.7. The lowest BCUT2D eigenvalue weighted by Crippen LogP contribution is -1.99. The predicted molar refractivity (Wildman–Crippen MR) is 46.5 cm³/mol. The molecule has 0 N–H and O–H groups in total. The maximum Gasteiger partial charge on any atom is 0.330 e. The van der Waals surface area contributed by atoms with Crippen LogP contribution in [0.4, 0.5) is 0 Å². The molecule has 0 aliphatic rings. The van der Waals surface area contributed by atoms with E-state index < -0.39 is 0 Å². The number of hydrogen-bond acceptors (Lipinski definition) is 3. The van der Waals surface area contributed by atoms with Gasteiger partial charge in [0.25, 0.3) is 0 Å². The van der Waals surface area contributed by atoms with Gasteiger partial charge in [-0.25, -0.2) is 4.79 Å². The van der Waals surface area contributed by atoms with Crippen molar-refractivity contribution >= 4 is 5.97 Å². The molecule has 0 fully saturated rings. The molecule has 0 radical (unpaired) electrons. The van der Waals surface area contributed by atoms with Gasteiger partial charge in [-0.15, -0.1) is 0 Å². The van der Waals surface area contributed by atoms with E-state index in [0.717, 1.165) is 0 Å². The molecule has 0 bridgehead atoms. The summed E-state index contributed by atoms with van der Waals surface area (Å²) in [6, 6.07) is 0. The zero-order chi connectivity index (χ0) is 9.40. The first-order valence-corrected chi connectivity index (χ1v) is 3.87. The number of rotatable bonds is 5. The summed E-state index contributed by atoms with van der Waals surface area (Å²) in [6.07, 6.45) is 2.78. The van der Waals surface area contributed by atoms with Crippen LogP contribution in [0.1, 0.15) is 13.8 Å². The second-order valence-electron chi connectivity index (χ2n) is 1.98. The highest BCUT2D eigenvalue weighted by atomic mass is 16.5. The van der Waals surface area contributed by atoms with Crippen molar-refractivity contribution in [2.75, 3.05) is 13.2 Å².